The molecule has 37 heavy (non-hydrogen) atoms. The lowest BCUT2D eigenvalue weighted by Crippen LogP contribution is -2.51. The lowest BCUT2D eigenvalue weighted by Gasteiger charge is -2.52. The molecular weight excluding hydrogens is 502 g/mol. The Bertz CT molecular complexity index is 904. The maximum atomic E-state index is 12.7. The normalized spacial score (nSPS) is 20.7. The zero-order chi connectivity index (χ0) is 27.3. The molecule has 1 aromatic rings. The van der Waals surface area contributed by atoms with Crippen molar-refractivity contribution in [3.05, 3.63) is 21.9 Å². The molecule has 2 unspecified atom stereocenters. The summed E-state index contributed by atoms with van der Waals surface area (Å²) in [6.45, 7) is 15.8. The van der Waals surface area contributed by atoms with Crippen molar-refractivity contribution in [2.24, 2.45) is 5.41 Å². The predicted molar refractivity (Wildman–Crippen MR) is 153 cm³/mol. The SMILES string of the molecule is CCCC1(C(CCCN2C(=O)CCC2COCc2ccc(C(=O)OC)s2)O[Si](C)(C)C(C)(C)C)CCC1. The molecule has 0 radical (unpaired) electrons. The first kappa shape index (κ1) is 30.3. The standard InChI is InChI=1S/C29H49NO5SSi/c1-8-16-29(17-10-18-29)25(35-37(6,7)28(2,3)4)11-9-19-30-22(12-15-26(30)31)20-34-21-23-13-14-24(36-23)27(32)33-5/h13-14,22,25H,8-12,15-21H2,1-7H3. The van der Waals surface area contributed by atoms with Gasteiger partial charge in [0.15, 0.2) is 8.32 Å². The average Bonchev–Trinajstić information content (AvgIpc) is 3.41. The van der Waals surface area contributed by atoms with Crippen LogP contribution in [0.3, 0.4) is 0 Å². The second-order valence-electron chi connectivity index (χ2n) is 12.5. The Balaban J connectivity index is 1.56. The van der Waals surface area contributed by atoms with Gasteiger partial charge in [0, 0.05) is 17.8 Å². The Labute approximate surface area is 229 Å². The van der Waals surface area contributed by atoms with E-state index in [1.807, 2.05) is 11.0 Å². The molecule has 210 valence electrons. The molecule has 3 rings (SSSR count). The largest absolute Gasteiger partial charge is 0.465 e. The van der Waals surface area contributed by atoms with Gasteiger partial charge in [-0.15, -0.1) is 11.3 Å². The second kappa shape index (κ2) is 12.8. The number of likely N-dealkylation sites (tertiary alicyclic amines) is 1. The van der Waals surface area contributed by atoms with Crippen LogP contribution in [0, 0.1) is 5.41 Å². The number of thiophene rings is 1. The van der Waals surface area contributed by atoms with Crippen molar-refractivity contribution < 1.29 is 23.5 Å². The maximum absolute atomic E-state index is 12.7. The molecule has 0 spiro atoms. The van der Waals surface area contributed by atoms with E-state index in [0.717, 1.165) is 30.7 Å². The van der Waals surface area contributed by atoms with E-state index >= 15 is 0 Å². The maximum Gasteiger partial charge on any atom is 0.348 e. The van der Waals surface area contributed by atoms with Crippen LogP contribution >= 0.6 is 11.3 Å². The summed E-state index contributed by atoms with van der Waals surface area (Å²) in [5.41, 5.74) is 0.325. The molecule has 8 heteroatoms. The van der Waals surface area contributed by atoms with Gasteiger partial charge in [-0.05, 0) is 74.2 Å². The van der Waals surface area contributed by atoms with Crippen LogP contribution in [0.2, 0.25) is 18.1 Å². The van der Waals surface area contributed by atoms with E-state index in [0.29, 0.717) is 29.9 Å². The van der Waals surface area contributed by atoms with Crippen LogP contribution in [0.1, 0.15) is 100 Å². The van der Waals surface area contributed by atoms with Gasteiger partial charge in [0.1, 0.15) is 4.88 Å². The molecule has 6 nitrogen and oxygen atoms in total. The van der Waals surface area contributed by atoms with Crippen LogP contribution in [-0.2, 0) is 25.3 Å². The number of ether oxygens (including phenoxy) is 2. The highest BCUT2D eigenvalue weighted by Gasteiger charge is 2.48. The van der Waals surface area contributed by atoms with Crippen molar-refractivity contribution >= 4 is 31.5 Å². The smallest absolute Gasteiger partial charge is 0.348 e. The summed E-state index contributed by atoms with van der Waals surface area (Å²) in [4.78, 5) is 28.0. The van der Waals surface area contributed by atoms with Crippen LogP contribution in [0.5, 0.6) is 0 Å². The quantitative estimate of drug-likeness (QED) is 0.181. The van der Waals surface area contributed by atoms with E-state index in [-0.39, 0.29) is 29.1 Å². The van der Waals surface area contributed by atoms with Crippen molar-refractivity contribution in [3.8, 4) is 0 Å². The first-order chi connectivity index (χ1) is 17.4. The van der Waals surface area contributed by atoms with Crippen LogP contribution in [-0.4, -0.2) is 57.5 Å². The molecule has 0 bridgehead atoms. The van der Waals surface area contributed by atoms with E-state index in [9.17, 15) is 9.59 Å². The van der Waals surface area contributed by atoms with Gasteiger partial charge < -0.3 is 18.8 Å². The van der Waals surface area contributed by atoms with Gasteiger partial charge in [-0.2, -0.15) is 0 Å². The van der Waals surface area contributed by atoms with E-state index in [1.165, 1.54) is 50.6 Å². The molecule has 1 saturated carbocycles. The first-order valence-electron chi connectivity index (χ1n) is 14.1. The van der Waals surface area contributed by atoms with Crippen molar-refractivity contribution in [2.45, 2.75) is 122 Å². The van der Waals surface area contributed by atoms with Crippen molar-refractivity contribution in [1.29, 1.82) is 0 Å². The van der Waals surface area contributed by atoms with Gasteiger partial charge in [0.2, 0.25) is 5.91 Å². The number of hydrogen-bond acceptors (Lipinski definition) is 6. The molecule has 1 saturated heterocycles. The summed E-state index contributed by atoms with van der Waals surface area (Å²) in [7, 11) is -0.494. The highest BCUT2D eigenvalue weighted by Crippen LogP contribution is 2.52. The van der Waals surface area contributed by atoms with Crippen LogP contribution in [0.25, 0.3) is 0 Å². The third kappa shape index (κ3) is 7.46. The minimum Gasteiger partial charge on any atom is -0.465 e. The number of esters is 1. The summed E-state index contributed by atoms with van der Waals surface area (Å²) >= 11 is 1.40. The van der Waals surface area contributed by atoms with Gasteiger partial charge >= 0.3 is 5.97 Å². The summed E-state index contributed by atoms with van der Waals surface area (Å²) in [5.74, 6) is -0.0752. The minimum atomic E-state index is -1.88. The fourth-order valence-corrected chi connectivity index (χ4v) is 7.86. The van der Waals surface area contributed by atoms with Gasteiger partial charge in [-0.3, -0.25) is 4.79 Å². The molecule has 0 N–H and O–H groups in total. The molecular formula is C29H49NO5SSi. The Morgan fingerprint density at radius 1 is 1.27 bits per heavy atom. The Kier molecular flexibility index (Phi) is 10.5. The number of rotatable bonds is 14. The number of methoxy groups -OCH3 is 1. The Hall–Kier alpha value is -1.22. The molecule has 2 fully saturated rings. The van der Waals surface area contributed by atoms with Crippen molar-refractivity contribution in [3.63, 3.8) is 0 Å². The molecule has 1 aliphatic heterocycles. The number of carbonyl (C=O) groups is 2. The zero-order valence-corrected chi connectivity index (χ0v) is 26.0. The lowest BCUT2D eigenvalue weighted by molar-refractivity contribution is -0.130. The monoisotopic (exact) mass is 551 g/mol. The number of hydrogen-bond donors (Lipinski definition) is 0. The lowest BCUT2D eigenvalue weighted by atomic mass is 9.62. The molecule has 1 aromatic heterocycles. The van der Waals surface area contributed by atoms with E-state index in [2.05, 4.69) is 40.8 Å². The Morgan fingerprint density at radius 3 is 2.59 bits per heavy atom. The fraction of sp³-hybridized carbons (Fsp3) is 0.793. The van der Waals surface area contributed by atoms with Gasteiger partial charge in [-0.1, -0.05) is 40.5 Å². The molecule has 1 amide bonds. The van der Waals surface area contributed by atoms with E-state index in [4.69, 9.17) is 13.9 Å². The van der Waals surface area contributed by atoms with Crippen LogP contribution in [0.4, 0.5) is 0 Å². The van der Waals surface area contributed by atoms with Crippen LogP contribution in [0.15, 0.2) is 12.1 Å². The predicted octanol–water partition coefficient (Wildman–Crippen LogP) is 7.18. The summed E-state index contributed by atoms with van der Waals surface area (Å²) in [5, 5.41) is 0.190. The van der Waals surface area contributed by atoms with Crippen molar-refractivity contribution in [1.82, 2.24) is 4.90 Å². The highest BCUT2D eigenvalue weighted by atomic mass is 32.1. The summed E-state index contributed by atoms with van der Waals surface area (Å²) in [6.07, 6.45) is 10.0. The molecule has 2 heterocycles. The van der Waals surface area contributed by atoms with E-state index < -0.39 is 8.32 Å². The number of carbonyl (C=O) groups excluding carboxylic acids is 2. The number of amides is 1. The topological polar surface area (TPSA) is 65.1 Å². The molecule has 2 atom stereocenters. The Morgan fingerprint density at radius 2 is 2.00 bits per heavy atom. The zero-order valence-electron chi connectivity index (χ0n) is 24.2. The van der Waals surface area contributed by atoms with Crippen molar-refractivity contribution in [2.75, 3.05) is 20.3 Å². The molecule has 2 aliphatic rings. The number of nitrogens with zero attached hydrogens (tertiary/aromatic N) is 1. The first-order valence-corrected chi connectivity index (χ1v) is 17.9. The average molecular weight is 552 g/mol. The summed E-state index contributed by atoms with van der Waals surface area (Å²) in [6, 6.07) is 3.81. The van der Waals surface area contributed by atoms with Gasteiger partial charge in [-0.25, -0.2) is 4.79 Å². The van der Waals surface area contributed by atoms with Gasteiger partial charge in [0.25, 0.3) is 0 Å². The highest BCUT2D eigenvalue weighted by molar-refractivity contribution is 7.13. The molecule has 1 aliphatic carbocycles. The van der Waals surface area contributed by atoms with Crippen LogP contribution < -0.4 is 0 Å². The van der Waals surface area contributed by atoms with Gasteiger partial charge in [0.05, 0.1) is 32.5 Å². The third-order valence-electron chi connectivity index (χ3n) is 8.94. The molecule has 0 aromatic carbocycles. The second-order valence-corrected chi connectivity index (χ2v) is 18.5. The summed E-state index contributed by atoms with van der Waals surface area (Å²) < 4.78 is 17.9. The van der Waals surface area contributed by atoms with E-state index in [1.54, 1.807) is 6.07 Å². The third-order valence-corrected chi connectivity index (χ3v) is 14.5. The minimum absolute atomic E-state index is 0.126. The fourth-order valence-electron chi connectivity index (χ4n) is 5.57.